The van der Waals surface area contributed by atoms with Crippen LogP contribution in [0.2, 0.25) is 5.02 Å². The molecule has 2 rings (SSSR count). The first kappa shape index (κ1) is 18.7. The van der Waals surface area contributed by atoms with Crippen LogP contribution in [0.15, 0.2) is 29.2 Å². The maximum absolute atomic E-state index is 12.3. The van der Waals surface area contributed by atoms with Gasteiger partial charge in [0, 0.05) is 11.6 Å². The van der Waals surface area contributed by atoms with Crippen LogP contribution in [0.1, 0.15) is 26.2 Å². The Morgan fingerprint density at radius 3 is 2.62 bits per heavy atom. The van der Waals surface area contributed by atoms with E-state index in [2.05, 4.69) is 15.4 Å². The fourth-order valence-corrected chi connectivity index (χ4v) is 3.67. The summed E-state index contributed by atoms with van der Waals surface area (Å²) in [6.45, 7) is 2.02. The average molecular weight is 374 g/mol. The van der Waals surface area contributed by atoms with E-state index in [-0.39, 0.29) is 10.8 Å². The molecule has 1 fully saturated rings. The van der Waals surface area contributed by atoms with Crippen molar-refractivity contribution in [1.29, 1.82) is 0 Å². The van der Waals surface area contributed by atoms with Crippen LogP contribution in [0, 0.1) is 0 Å². The van der Waals surface area contributed by atoms with Crippen molar-refractivity contribution in [3.05, 3.63) is 29.3 Å². The molecule has 1 aliphatic heterocycles. The Balaban J connectivity index is 2.00. The van der Waals surface area contributed by atoms with Crippen molar-refractivity contribution in [2.24, 2.45) is 0 Å². The number of carbonyl (C=O) groups excluding carboxylic acids is 2. The van der Waals surface area contributed by atoms with Crippen molar-refractivity contribution >= 4 is 33.4 Å². The normalized spacial score (nSPS) is 19.9. The minimum Gasteiger partial charge on any atom is -0.354 e. The molecule has 132 valence electrons. The summed E-state index contributed by atoms with van der Waals surface area (Å²) in [4.78, 5) is 24.0. The van der Waals surface area contributed by atoms with Gasteiger partial charge in [0.05, 0.1) is 10.9 Å². The molecule has 7 nitrogen and oxygen atoms in total. The molecule has 2 amide bonds. The lowest BCUT2D eigenvalue weighted by Crippen LogP contribution is -2.52. The SMILES string of the molecule is C[C@H](NS(=O)(=O)c1ccc(Cl)cc1)C(=O)NC1CCCCNC1=O. The van der Waals surface area contributed by atoms with Gasteiger partial charge < -0.3 is 10.6 Å². The molecule has 1 saturated heterocycles. The molecule has 2 atom stereocenters. The van der Waals surface area contributed by atoms with Crippen molar-refractivity contribution in [3.63, 3.8) is 0 Å². The summed E-state index contributed by atoms with van der Waals surface area (Å²) in [5.41, 5.74) is 0. The summed E-state index contributed by atoms with van der Waals surface area (Å²) < 4.78 is 26.8. The number of hydrogen-bond acceptors (Lipinski definition) is 4. The Bertz CT molecular complexity index is 706. The molecular formula is C15H20ClN3O4S. The topological polar surface area (TPSA) is 104 Å². The number of sulfonamides is 1. The van der Waals surface area contributed by atoms with Crippen molar-refractivity contribution in [3.8, 4) is 0 Å². The smallest absolute Gasteiger partial charge is 0.242 e. The van der Waals surface area contributed by atoms with E-state index < -0.39 is 28.0 Å². The molecule has 1 aliphatic rings. The molecule has 0 aromatic heterocycles. The molecule has 0 spiro atoms. The standard InChI is InChI=1S/C15H20ClN3O4S/c1-10(14(20)18-13-4-2-3-9-17-15(13)21)19-24(22,23)12-7-5-11(16)6-8-12/h5-8,10,13,19H,2-4,9H2,1H3,(H,17,21)(H,18,20)/t10-,13?/m0/s1. The van der Waals surface area contributed by atoms with Crippen LogP contribution in [-0.4, -0.2) is 38.9 Å². The molecule has 1 unspecified atom stereocenters. The second kappa shape index (κ2) is 7.96. The van der Waals surface area contributed by atoms with Gasteiger partial charge in [-0.25, -0.2) is 8.42 Å². The minimum atomic E-state index is -3.85. The fraction of sp³-hybridized carbons (Fsp3) is 0.467. The second-order valence-electron chi connectivity index (χ2n) is 5.64. The Hall–Kier alpha value is -1.64. The maximum Gasteiger partial charge on any atom is 0.242 e. The molecule has 1 aromatic rings. The summed E-state index contributed by atoms with van der Waals surface area (Å²) in [7, 11) is -3.85. The van der Waals surface area contributed by atoms with Crippen LogP contribution in [0.3, 0.4) is 0 Å². The molecule has 0 saturated carbocycles. The molecular weight excluding hydrogens is 354 g/mol. The van der Waals surface area contributed by atoms with E-state index in [1.165, 1.54) is 31.2 Å². The summed E-state index contributed by atoms with van der Waals surface area (Å²) in [6, 6.07) is 3.97. The zero-order valence-electron chi connectivity index (χ0n) is 13.2. The van der Waals surface area contributed by atoms with Crippen LogP contribution in [-0.2, 0) is 19.6 Å². The van der Waals surface area contributed by atoms with Gasteiger partial charge in [-0.3, -0.25) is 9.59 Å². The highest BCUT2D eigenvalue weighted by Gasteiger charge is 2.27. The third-order valence-electron chi connectivity index (χ3n) is 3.70. The van der Waals surface area contributed by atoms with Gasteiger partial charge in [0.25, 0.3) is 0 Å². The highest BCUT2D eigenvalue weighted by atomic mass is 35.5. The molecule has 0 aliphatic carbocycles. The summed E-state index contributed by atoms with van der Waals surface area (Å²) in [6.07, 6.45) is 2.21. The first-order valence-electron chi connectivity index (χ1n) is 7.65. The first-order valence-corrected chi connectivity index (χ1v) is 9.52. The van der Waals surface area contributed by atoms with E-state index >= 15 is 0 Å². The number of hydrogen-bond donors (Lipinski definition) is 3. The van der Waals surface area contributed by atoms with Crippen molar-refractivity contribution in [2.75, 3.05) is 6.54 Å². The average Bonchev–Trinajstić information content (AvgIpc) is 2.72. The van der Waals surface area contributed by atoms with Crippen molar-refractivity contribution in [1.82, 2.24) is 15.4 Å². The number of halogens is 1. The second-order valence-corrected chi connectivity index (χ2v) is 7.80. The minimum absolute atomic E-state index is 0.0127. The largest absolute Gasteiger partial charge is 0.354 e. The van der Waals surface area contributed by atoms with Gasteiger partial charge in [-0.15, -0.1) is 0 Å². The quantitative estimate of drug-likeness (QED) is 0.709. The van der Waals surface area contributed by atoms with E-state index in [0.29, 0.717) is 18.0 Å². The molecule has 0 radical (unpaired) electrons. The van der Waals surface area contributed by atoms with E-state index in [1.54, 1.807) is 0 Å². The lowest BCUT2D eigenvalue weighted by molar-refractivity contribution is -0.129. The Labute approximate surface area is 146 Å². The van der Waals surface area contributed by atoms with Crippen LogP contribution < -0.4 is 15.4 Å². The highest BCUT2D eigenvalue weighted by Crippen LogP contribution is 2.14. The third-order valence-corrected chi connectivity index (χ3v) is 5.51. The molecule has 1 heterocycles. The van der Waals surface area contributed by atoms with Crippen LogP contribution in [0.4, 0.5) is 0 Å². The Morgan fingerprint density at radius 1 is 1.29 bits per heavy atom. The molecule has 0 bridgehead atoms. The summed E-state index contributed by atoms with van der Waals surface area (Å²) in [5, 5.41) is 5.72. The predicted molar refractivity (Wildman–Crippen MR) is 90.0 cm³/mol. The van der Waals surface area contributed by atoms with Gasteiger partial charge in [-0.2, -0.15) is 4.72 Å². The summed E-state index contributed by atoms with van der Waals surface area (Å²) >= 11 is 5.74. The predicted octanol–water partition coefficient (Wildman–Crippen LogP) is 0.792. The molecule has 1 aromatic carbocycles. The van der Waals surface area contributed by atoms with Crippen molar-refractivity contribution in [2.45, 2.75) is 43.2 Å². The van der Waals surface area contributed by atoms with Gasteiger partial charge in [-0.1, -0.05) is 11.6 Å². The molecule has 9 heteroatoms. The lowest BCUT2D eigenvalue weighted by Gasteiger charge is -2.19. The van der Waals surface area contributed by atoms with Gasteiger partial charge in [0.1, 0.15) is 6.04 Å². The van der Waals surface area contributed by atoms with Crippen LogP contribution >= 0.6 is 11.6 Å². The maximum atomic E-state index is 12.3. The monoisotopic (exact) mass is 373 g/mol. The van der Waals surface area contributed by atoms with Crippen molar-refractivity contribution < 1.29 is 18.0 Å². The fourth-order valence-electron chi connectivity index (χ4n) is 2.34. The van der Waals surface area contributed by atoms with Crippen LogP contribution in [0.25, 0.3) is 0 Å². The van der Waals surface area contributed by atoms with Gasteiger partial charge in [-0.05, 0) is 50.5 Å². The summed E-state index contributed by atoms with van der Waals surface area (Å²) in [5.74, 6) is -0.789. The molecule has 3 N–H and O–H groups in total. The zero-order valence-corrected chi connectivity index (χ0v) is 14.8. The number of carbonyl (C=O) groups is 2. The number of nitrogens with one attached hydrogen (secondary N) is 3. The van der Waals surface area contributed by atoms with Crippen LogP contribution in [0.5, 0.6) is 0 Å². The van der Waals surface area contributed by atoms with E-state index in [4.69, 9.17) is 11.6 Å². The first-order chi connectivity index (χ1) is 11.3. The number of amides is 2. The molecule has 24 heavy (non-hydrogen) atoms. The zero-order chi connectivity index (χ0) is 17.7. The third kappa shape index (κ3) is 4.93. The van der Waals surface area contributed by atoms with E-state index in [9.17, 15) is 18.0 Å². The lowest BCUT2D eigenvalue weighted by atomic mass is 10.1. The Morgan fingerprint density at radius 2 is 1.96 bits per heavy atom. The van der Waals surface area contributed by atoms with Gasteiger partial charge >= 0.3 is 0 Å². The van der Waals surface area contributed by atoms with Gasteiger partial charge in [0.15, 0.2) is 0 Å². The van der Waals surface area contributed by atoms with E-state index in [1.807, 2.05) is 0 Å². The number of rotatable bonds is 5. The highest BCUT2D eigenvalue weighted by molar-refractivity contribution is 7.89. The Kier molecular flexibility index (Phi) is 6.20. The number of benzene rings is 1. The van der Waals surface area contributed by atoms with E-state index in [0.717, 1.165) is 12.8 Å². The van der Waals surface area contributed by atoms with Gasteiger partial charge in [0.2, 0.25) is 21.8 Å².